The molecule has 0 amide bonds. The van der Waals surface area contributed by atoms with Crippen LogP contribution in [0.4, 0.5) is 5.13 Å². The molecule has 0 atom stereocenters. The summed E-state index contributed by atoms with van der Waals surface area (Å²) < 4.78 is 0. The molecule has 4 nitrogen and oxygen atoms in total. The average molecular weight is 166 g/mol. The molecule has 0 aliphatic rings. The first-order valence-corrected chi connectivity index (χ1v) is 3.93. The van der Waals surface area contributed by atoms with E-state index in [4.69, 9.17) is 5.73 Å². The Morgan fingerprint density at radius 1 is 1.45 bits per heavy atom. The molecule has 0 aromatic carbocycles. The highest BCUT2D eigenvalue weighted by Gasteiger charge is 2.01. The number of nitrogen functional groups attached to an aromatic ring is 1. The minimum atomic E-state index is 0.519. The number of anilines is 1. The number of thiazole rings is 1. The molecule has 5 heteroatoms. The van der Waals surface area contributed by atoms with Gasteiger partial charge in [-0.2, -0.15) is 4.98 Å². The number of nitrogens with zero attached hydrogens (tertiary/aromatic N) is 3. The monoisotopic (exact) mass is 166 g/mol. The van der Waals surface area contributed by atoms with Gasteiger partial charge in [0.05, 0.1) is 5.69 Å². The zero-order chi connectivity index (χ0) is 7.84. The van der Waals surface area contributed by atoms with Crippen molar-refractivity contribution in [3.05, 3.63) is 11.9 Å². The SMILES string of the molecule is Cc1cnc2sc(N)nc2n1. The Balaban J connectivity index is 2.82. The molecule has 2 aromatic rings. The number of nitrogens with two attached hydrogens (primary N) is 1. The highest BCUT2D eigenvalue weighted by atomic mass is 32.1. The van der Waals surface area contributed by atoms with Gasteiger partial charge in [0.15, 0.2) is 15.6 Å². The van der Waals surface area contributed by atoms with Crippen molar-refractivity contribution in [3.8, 4) is 0 Å². The second kappa shape index (κ2) is 2.13. The fourth-order valence-corrected chi connectivity index (χ4v) is 1.44. The van der Waals surface area contributed by atoms with E-state index in [0.717, 1.165) is 10.5 Å². The number of hydrogen-bond acceptors (Lipinski definition) is 5. The van der Waals surface area contributed by atoms with Gasteiger partial charge in [0.25, 0.3) is 0 Å². The van der Waals surface area contributed by atoms with Gasteiger partial charge in [-0.05, 0) is 6.92 Å². The van der Waals surface area contributed by atoms with Gasteiger partial charge in [-0.25, -0.2) is 9.97 Å². The first-order chi connectivity index (χ1) is 5.25. The minimum Gasteiger partial charge on any atom is -0.375 e. The van der Waals surface area contributed by atoms with Gasteiger partial charge < -0.3 is 5.73 Å². The number of fused-ring (bicyclic) bond motifs is 1. The molecular weight excluding hydrogens is 160 g/mol. The molecular formula is C6H6N4S. The summed E-state index contributed by atoms with van der Waals surface area (Å²) in [5, 5.41) is 0.519. The molecule has 0 unspecified atom stereocenters. The van der Waals surface area contributed by atoms with Crippen LogP contribution in [-0.4, -0.2) is 15.0 Å². The molecule has 0 aliphatic carbocycles. The van der Waals surface area contributed by atoms with E-state index in [1.165, 1.54) is 11.3 Å². The lowest BCUT2D eigenvalue weighted by Crippen LogP contribution is -1.84. The van der Waals surface area contributed by atoms with E-state index in [0.29, 0.717) is 10.8 Å². The topological polar surface area (TPSA) is 64.7 Å². The van der Waals surface area contributed by atoms with Crippen LogP contribution in [0.25, 0.3) is 10.5 Å². The quantitative estimate of drug-likeness (QED) is 0.633. The molecule has 0 aliphatic heterocycles. The third-order valence-corrected chi connectivity index (χ3v) is 2.04. The van der Waals surface area contributed by atoms with Gasteiger partial charge in [0.1, 0.15) is 0 Å². The van der Waals surface area contributed by atoms with Gasteiger partial charge >= 0.3 is 0 Å². The summed E-state index contributed by atoms with van der Waals surface area (Å²) in [5.74, 6) is 0. The van der Waals surface area contributed by atoms with Crippen molar-refractivity contribution < 1.29 is 0 Å². The van der Waals surface area contributed by atoms with Crippen molar-refractivity contribution in [1.29, 1.82) is 0 Å². The highest BCUT2D eigenvalue weighted by molar-refractivity contribution is 7.21. The fraction of sp³-hybridized carbons (Fsp3) is 0.167. The van der Waals surface area contributed by atoms with Crippen LogP contribution in [0.1, 0.15) is 5.69 Å². The van der Waals surface area contributed by atoms with E-state index in [2.05, 4.69) is 15.0 Å². The second-order valence-electron chi connectivity index (χ2n) is 2.19. The molecule has 0 fully saturated rings. The van der Waals surface area contributed by atoms with Crippen LogP contribution in [0.3, 0.4) is 0 Å². The molecule has 2 aromatic heterocycles. The molecule has 0 saturated carbocycles. The summed E-state index contributed by atoms with van der Waals surface area (Å²) in [6, 6.07) is 0. The number of aromatic nitrogens is 3. The Bertz CT molecular complexity index is 394. The van der Waals surface area contributed by atoms with Crippen molar-refractivity contribution in [2.24, 2.45) is 0 Å². The highest BCUT2D eigenvalue weighted by Crippen LogP contribution is 2.18. The predicted octanol–water partition coefficient (Wildman–Crippen LogP) is 0.977. The lowest BCUT2D eigenvalue weighted by atomic mass is 10.5. The van der Waals surface area contributed by atoms with E-state index in [-0.39, 0.29) is 0 Å². The molecule has 0 bridgehead atoms. The minimum absolute atomic E-state index is 0.519. The molecule has 56 valence electrons. The Kier molecular flexibility index (Phi) is 1.25. The standard InChI is InChI=1S/C6H6N4S/c1-3-2-8-5-4(9-3)10-6(7)11-5/h2H,1H3,(H2,7,9,10). The summed E-state index contributed by atoms with van der Waals surface area (Å²) in [5.41, 5.74) is 6.98. The molecule has 0 radical (unpaired) electrons. The van der Waals surface area contributed by atoms with Crippen molar-refractivity contribution in [1.82, 2.24) is 15.0 Å². The lowest BCUT2D eigenvalue weighted by molar-refractivity contribution is 1.17. The first kappa shape index (κ1) is 6.48. The Hall–Kier alpha value is -1.23. The van der Waals surface area contributed by atoms with E-state index in [9.17, 15) is 0 Å². The third-order valence-electron chi connectivity index (χ3n) is 1.26. The summed E-state index contributed by atoms with van der Waals surface area (Å²) in [6.07, 6.45) is 1.71. The molecule has 2 N–H and O–H groups in total. The lowest BCUT2D eigenvalue weighted by Gasteiger charge is -1.86. The van der Waals surface area contributed by atoms with Crippen molar-refractivity contribution in [2.75, 3.05) is 5.73 Å². The summed E-state index contributed by atoms with van der Waals surface area (Å²) in [7, 11) is 0. The van der Waals surface area contributed by atoms with Crippen LogP contribution in [0, 0.1) is 6.92 Å². The summed E-state index contributed by atoms with van der Waals surface area (Å²) in [6.45, 7) is 1.88. The van der Waals surface area contributed by atoms with Crippen molar-refractivity contribution in [2.45, 2.75) is 6.92 Å². The van der Waals surface area contributed by atoms with Gasteiger partial charge in [0.2, 0.25) is 0 Å². The molecule has 0 saturated heterocycles. The third kappa shape index (κ3) is 1.03. The van der Waals surface area contributed by atoms with Crippen molar-refractivity contribution in [3.63, 3.8) is 0 Å². The van der Waals surface area contributed by atoms with Crippen LogP contribution < -0.4 is 5.73 Å². The van der Waals surface area contributed by atoms with Crippen LogP contribution >= 0.6 is 11.3 Å². The van der Waals surface area contributed by atoms with Crippen LogP contribution in [-0.2, 0) is 0 Å². The van der Waals surface area contributed by atoms with E-state index < -0.39 is 0 Å². The summed E-state index contributed by atoms with van der Waals surface area (Å²) >= 11 is 1.35. The van der Waals surface area contributed by atoms with Crippen molar-refractivity contribution >= 4 is 26.9 Å². The number of hydrogen-bond donors (Lipinski definition) is 1. The zero-order valence-electron chi connectivity index (χ0n) is 5.90. The largest absolute Gasteiger partial charge is 0.375 e. The molecule has 0 spiro atoms. The maximum atomic E-state index is 5.47. The Morgan fingerprint density at radius 3 is 3.09 bits per heavy atom. The van der Waals surface area contributed by atoms with Crippen LogP contribution in [0.15, 0.2) is 6.20 Å². The zero-order valence-corrected chi connectivity index (χ0v) is 6.72. The maximum absolute atomic E-state index is 5.47. The number of rotatable bonds is 0. The predicted molar refractivity (Wildman–Crippen MR) is 44.4 cm³/mol. The Morgan fingerprint density at radius 2 is 2.27 bits per heavy atom. The maximum Gasteiger partial charge on any atom is 0.191 e. The van der Waals surface area contributed by atoms with Gasteiger partial charge in [-0.3, -0.25) is 0 Å². The smallest absolute Gasteiger partial charge is 0.191 e. The van der Waals surface area contributed by atoms with E-state index in [1.54, 1.807) is 6.20 Å². The molecule has 11 heavy (non-hydrogen) atoms. The second-order valence-corrected chi connectivity index (χ2v) is 3.20. The van der Waals surface area contributed by atoms with E-state index in [1.807, 2.05) is 6.92 Å². The van der Waals surface area contributed by atoms with Gasteiger partial charge in [0, 0.05) is 6.20 Å². The van der Waals surface area contributed by atoms with E-state index >= 15 is 0 Å². The summed E-state index contributed by atoms with van der Waals surface area (Å²) in [4.78, 5) is 13.1. The fourth-order valence-electron chi connectivity index (χ4n) is 0.825. The normalized spacial score (nSPS) is 10.6. The molecule has 2 rings (SSSR count). The Labute approximate surface area is 67.1 Å². The molecule has 2 heterocycles. The average Bonchev–Trinajstić information content (AvgIpc) is 2.27. The van der Waals surface area contributed by atoms with Gasteiger partial charge in [-0.15, -0.1) is 0 Å². The van der Waals surface area contributed by atoms with Gasteiger partial charge in [-0.1, -0.05) is 11.3 Å². The van der Waals surface area contributed by atoms with Crippen LogP contribution in [0.5, 0.6) is 0 Å². The number of aryl methyl sites for hydroxylation is 1. The first-order valence-electron chi connectivity index (χ1n) is 3.11. The van der Waals surface area contributed by atoms with Crippen LogP contribution in [0.2, 0.25) is 0 Å².